The lowest BCUT2D eigenvalue weighted by atomic mass is 10.2. The number of anilines is 1. The Labute approximate surface area is 178 Å². The third-order valence-electron chi connectivity index (χ3n) is 4.43. The highest BCUT2D eigenvalue weighted by Crippen LogP contribution is 2.26. The predicted molar refractivity (Wildman–Crippen MR) is 112 cm³/mol. The Bertz CT molecular complexity index is 1100. The van der Waals surface area contributed by atoms with Crippen LogP contribution in [-0.2, 0) is 16.0 Å². The minimum absolute atomic E-state index is 0.179. The Balaban J connectivity index is 1.51. The quantitative estimate of drug-likeness (QED) is 0.377. The van der Waals surface area contributed by atoms with Crippen molar-refractivity contribution in [3.8, 4) is 22.7 Å². The summed E-state index contributed by atoms with van der Waals surface area (Å²) < 4.78 is 17.9. The van der Waals surface area contributed by atoms with Gasteiger partial charge in [-0.25, -0.2) is 0 Å². The maximum absolute atomic E-state index is 12.8. The second-order valence-electron chi connectivity index (χ2n) is 6.58. The van der Waals surface area contributed by atoms with E-state index in [2.05, 4.69) is 25.6 Å². The molecule has 31 heavy (non-hydrogen) atoms. The second kappa shape index (κ2) is 9.83. The van der Waals surface area contributed by atoms with Crippen LogP contribution < -0.4 is 5.32 Å². The van der Waals surface area contributed by atoms with Gasteiger partial charge in [0, 0.05) is 25.7 Å². The predicted octanol–water partition coefficient (Wildman–Crippen LogP) is 2.84. The van der Waals surface area contributed by atoms with Crippen molar-refractivity contribution < 1.29 is 18.7 Å². The van der Waals surface area contributed by atoms with Gasteiger partial charge in [0.15, 0.2) is 5.76 Å². The van der Waals surface area contributed by atoms with Crippen molar-refractivity contribution in [2.24, 2.45) is 0 Å². The van der Waals surface area contributed by atoms with E-state index in [9.17, 15) is 4.79 Å². The Kier molecular flexibility index (Phi) is 6.50. The van der Waals surface area contributed by atoms with E-state index in [-0.39, 0.29) is 11.7 Å². The minimum atomic E-state index is -0.386. The lowest BCUT2D eigenvalue weighted by Crippen LogP contribution is -2.11. The van der Waals surface area contributed by atoms with Crippen LogP contribution >= 0.6 is 0 Å². The largest absolute Gasteiger partial charge is 0.451 e. The van der Waals surface area contributed by atoms with E-state index >= 15 is 0 Å². The van der Waals surface area contributed by atoms with Crippen molar-refractivity contribution in [3.63, 3.8) is 0 Å². The fraction of sp³-hybridized carbons (Fsp3) is 0.238. The van der Waals surface area contributed by atoms with E-state index in [1.165, 1.54) is 0 Å². The van der Waals surface area contributed by atoms with Crippen molar-refractivity contribution in [3.05, 3.63) is 60.9 Å². The molecule has 1 amide bonds. The molecular formula is C21H22N6O4. The van der Waals surface area contributed by atoms with Gasteiger partial charge in [-0.2, -0.15) is 10.2 Å². The van der Waals surface area contributed by atoms with Crippen LogP contribution in [0.15, 0.2) is 59.5 Å². The summed E-state index contributed by atoms with van der Waals surface area (Å²) >= 11 is 0. The molecule has 0 aliphatic rings. The van der Waals surface area contributed by atoms with Gasteiger partial charge in [-0.1, -0.05) is 6.07 Å². The van der Waals surface area contributed by atoms with Crippen LogP contribution in [0.5, 0.6) is 0 Å². The average Bonchev–Trinajstić information content (AvgIpc) is 3.55. The lowest BCUT2D eigenvalue weighted by Gasteiger charge is -2.03. The van der Waals surface area contributed by atoms with Crippen molar-refractivity contribution in [1.82, 2.24) is 25.0 Å². The number of nitrogens with one attached hydrogen (secondary N) is 2. The molecule has 0 saturated carbocycles. The molecule has 4 aromatic rings. The number of methoxy groups -OCH3 is 1. The molecule has 0 unspecified atom stereocenters. The second-order valence-corrected chi connectivity index (χ2v) is 6.58. The summed E-state index contributed by atoms with van der Waals surface area (Å²) in [5.74, 6) is 0.342. The number of H-pyrrole nitrogens is 1. The number of rotatable bonds is 10. The molecule has 4 rings (SSSR count). The van der Waals surface area contributed by atoms with Crippen LogP contribution in [-0.4, -0.2) is 57.8 Å². The summed E-state index contributed by atoms with van der Waals surface area (Å²) in [6.07, 6.45) is 6.75. The van der Waals surface area contributed by atoms with Gasteiger partial charge < -0.3 is 19.2 Å². The summed E-state index contributed by atoms with van der Waals surface area (Å²) in [7, 11) is 1.63. The molecule has 160 valence electrons. The van der Waals surface area contributed by atoms with Gasteiger partial charge in [0.05, 0.1) is 49.5 Å². The number of amides is 1. The van der Waals surface area contributed by atoms with Crippen LogP contribution in [0.3, 0.4) is 0 Å². The topological polar surface area (TPSA) is 120 Å². The molecule has 2 N–H and O–H groups in total. The standard InChI is InChI=1S/C21H22N6O4/c1-29-10-11-30-9-8-27-14-17(20(26-27)16-4-2-3-7-22-16)25-21(28)19-6-5-18(31-19)15-12-23-24-13-15/h2-7,12-14H,8-11H2,1H3,(H,23,24)(H,25,28). The highest BCUT2D eigenvalue weighted by Gasteiger charge is 2.18. The molecule has 0 saturated heterocycles. The number of pyridine rings is 1. The Morgan fingerprint density at radius 1 is 1.23 bits per heavy atom. The number of carbonyl (C=O) groups is 1. The van der Waals surface area contributed by atoms with Crippen molar-refractivity contribution in [1.29, 1.82) is 0 Å². The van der Waals surface area contributed by atoms with Gasteiger partial charge in [0.25, 0.3) is 5.91 Å². The van der Waals surface area contributed by atoms with Crippen molar-refractivity contribution in [2.45, 2.75) is 6.54 Å². The highest BCUT2D eigenvalue weighted by molar-refractivity contribution is 6.04. The first-order chi connectivity index (χ1) is 15.2. The number of aromatic amines is 1. The third-order valence-corrected chi connectivity index (χ3v) is 4.43. The number of aromatic nitrogens is 5. The molecule has 0 fully saturated rings. The molecule has 4 aromatic heterocycles. The molecule has 0 spiro atoms. The molecule has 4 heterocycles. The van der Waals surface area contributed by atoms with E-state index in [0.29, 0.717) is 49.2 Å². The van der Waals surface area contributed by atoms with Crippen molar-refractivity contribution >= 4 is 11.6 Å². The van der Waals surface area contributed by atoms with E-state index in [0.717, 1.165) is 5.56 Å². The SMILES string of the molecule is COCCOCCn1cc(NC(=O)c2ccc(-c3cn[nH]c3)o2)c(-c2ccccn2)n1. The third kappa shape index (κ3) is 5.05. The molecule has 10 heteroatoms. The Hall–Kier alpha value is -3.76. The summed E-state index contributed by atoms with van der Waals surface area (Å²) in [5.41, 5.74) is 2.50. The van der Waals surface area contributed by atoms with Gasteiger partial charge in [0.2, 0.25) is 0 Å². The number of nitrogens with zero attached hydrogens (tertiary/aromatic N) is 4. The Morgan fingerprint density at radius 2 is 2.16 bits per heavy atom. The molecule has 0 radical (unpaired) electrons. The zero-order valence-electron chi connectivity index (χ0n) is 16.9. The fourth-order valence-corrected chi connectivity index (χ4v) is 2.91. The number of ether oxygens (including phenoxy) is 2. The summed E-state index contributed by atoms with van der Waals surface area (Å²) in [6.45, 7) is 2.02. The molecular weight excluding hydrogens is 400 g/mol. The van der Waals surface area contributed by atoms with Gasteiger partial charge in [0.1, 0.15) is 11.5 Å². The maximum Gasteiger partial charge on any atom is 0.291 e. The number of carbonyl (C=O) groups excluding carboxylic acids is 1. The minimum Gasteiger partial charge on any atom is -0.451 e. The van der Waals surface area contributed by atoms with Crippen LogP contribution in [0.25, 0.3) is 22.7 Å². The average molecular weight is 422 g/mol. The van der Waals surface area contributed by atoms with Crippen LogP contribution in [0.4, 0.5) is 5.69 Å². The summed E-state index contributed by atoms with van der Waals surface area (Å²) in [6, 6.07) is 8.86. The smallest absolute Gasteiger partial charge is 0.291 e. The zero-order chi connectivity index (χ0) is 21.5. The monoisotopic (exact) mass is 422 g/mol. The van der Waals surface area contributed by atoms with Gasteiger partial charge in [-0.3, -0.25) is 19.6 Å². The maximum atomic E-state index is 12.8. The first-order valence-electron chi connectivity index (χ1n) is 9.70. The van der Waals surface area contributed by atoms with Gasteiger partial charge in [-0.05, 0) is 24.3 Å². The van der Waals surface area contributed by atoms with Gasteiger partial charge >= 0.3 is 0 Å². The molecule has 0 bridgehead atoms. The number of hydrogen-bond acceptors (Lipinski definition) is 7. The van der Waals surface area contributed by atoms with Crippen LogP contribution in [0.1, 0.15) is 10.6 Å². The van der Waals surface area contributed by atoms with Crippen LogP contribution in [0.2, 0.25) is 0 Å². The Morgan fingerprint density at radius 3 is 2.94 bits per heavy atom. The first kappa shape index (κ1) is 20.5. The van der Waals surface area contributed by atoms with Crippen molar-refractivity contribution in [2.75, 3.05) is 32.2 Å². The highest BCUT2D eigenvalue weighted by atomic mass is 16.5. The first-order valence-corrected chi connectivity index (χ1v) is 9.70. The van der Waals surface area contributed by atoms with E-state index in [4.69, 9.17) is 13.9 Å². The zero-order valence-corrected chi connectivity index (χ0v) is 16.9. The van der Waals surface area contributed by atoms with E-state index in [1.54, 1.807) is 48.7 Å². The molecule has 0 aliphatic heterocycles. The molecule has 10 nitrogen and oxygen atoms in total. The van der Waals surface area contributed by atoms with Gasteiger partial charge in [-0.15, -0.1) is 0 Å². The molecule has 0 aliphatic carbocycles. The fourth-order valence-electron chi connectivity index (χ4n) is 2.91. The summed E-state index contributed by atoms with van der Waals surface area (Å²) in [4.78, 5) is 17.2. The number of hydrogen-bond donors (Lipinski definition) is 2. The molecule has 0 atom stereocenters. The van der Waals surface area contributed by atoms with E-state index < -0.39 is 0 Å². The molecule has 0 aromatic carbocycles. The number of furan rings is 1. The summed E-state index contributed by atoms with van der Waals surface area (Å²) in [5, 5.41) is 14.1. The lowest BCUT2D eigenvalue weighted by molar-refractivity contribution is 0.0654. The van der Waals surface area contributed by atoms with Crippen LogP contribution in [0, 0.1) is 0 Å². The normalized spacial score (nSPS) is 11.0. The van der Waals surface area contributed by atoms with E-state index in [1.807, 2.05) is 18.2 Å².